The number of aliphatic imine (C=N–C) groups is 1. The Morgan fingerprint density at radius 2 is 2.15 bits per heavy atom. The maximum Gasteiger partial charge on any atom is 0.408 e. The summed E-state index contributed by atoms with van der Waals surface area (Å²) in [5.74, 6) is -0.131. The summed E-state index contributed by atoms with van der Waals surface area (Å²) in [4.78, 5) is 4.44. The summed E-state index contributed by atoms with van der Waals surface area (Å²) in [6.07, 6.45) is -2.10. The van der Waals surface area contributed by atoms with E-state index in [2.05, 4.69) is 20.5 Å². The van der Waals surface area contributed by atoms with Gasteiger partial charge in [-0.2, -0.15) is 23.1 Å². The van der Waals surface area contributed by atoms with E-state index in [1.165, 1.54) is 11.0 Å². The number of nitrogens with one attached hydrogen (secondary N) is 2. The fourth-order valence-electron chi connectivity index (χ4n) is 1.22. The normalized spacial score (nSPS) is 12.4. The summed E-state index contributed by atoms with van der Waals surface area (Å²) < 4.78 is 35.7. The van der Waals surface area contributed by atoms with Gasteiger partial charge >= 0.3 is 6.18 Å². The van der Waals surface area contributed by atoms with Gasteiger partial charge in [0.15, 0.2) is 11.8 Å². The number of nitrogens with two attached hydrogens (primary N) is 2. The highest BCUT2D eigenvalue weighted by molar-refractivity contribution is 5.91. The van der Waals surface area contributed by atoms with Gasteiger partial charge in [0.05, 0.1) is 18.6 Å². The third kappa shape index (κ3) is 6.56. The highest BCUT2D eigenvalue weighted by Crippen LogP contribution is 2.14. The van der Waals surface area contributed by atoms with Crippen LogP contribution in [-0.4, -0.2) is 39.5 Å². The van der Waals surface area contributed by atoms with Crippen LogP contribution >= 0.6 is 0 Å². The first kappa shape index (κ1) is 15.7. The molecule has 20 heavy (non-hydrogen) atoms. The number of aryl methyl sites for hydroxylation is 1. The molecule has 0 fully saturated rings. The zero-order valence-corrected chi connectivity index (χ0v) is 10.5. The van der Waals surface area contributed by atoms with E-state index >= 15 is 0 Å². The third-order valence-corrected chi connectivity index (χ3v) is 2.03. The molecule has 1 rings (SSSR count). The summed E-state index contributed by atoms with van der Waals surface area (Å²) in [6, 6.07) is 0. The summed E-state index contributed by atoms with van der Waals surface area (Å²) in [6.45, 7) is -0.931. The van der Waals surface area contributed by atoms with Crippen LogP contribution in [0, 0.1) is 5.41 Å². The first-order valence-corrected chi connectivity index (χ1v) is 5.63. The molecule has 0 aliphatic rings. The lowest BCUT2D eigenvalue weighted by Gasteiger charge is -2.04. The number of nitrogens with zero attached hydrogens (tertiary/aromatic N) is 4. The Morgan fingerprint density at radius 3 is 2.75 bits per heavy atom. The van der Waals surface area contributed by atoms with Gasteiger partial charge in [0.1, 0.15) is 6.54 Å². The van der Waals surface area contributed by atoms with Gasteiger partial charge < -0.3 is 16.8 Å². The number of hydrogen-bond donors (Lipinski definition) is 4. The molecule has 0 bridgehead atoms. The Hall–Kier alpha value is -2.33. The van der Waals surface area contributed by atoms with E-state index in [1.807, 2.05) is 0 Å². The lowest BCUT2D eigenvalue weighted by atomic mass is 10.3. The van der Waals surface area contributed by atoms with E-state index in [9.17, 15) is 13.2 Å². The molecule has 0 spiro atoms. The van der Waals surface area contributed by atoms with Crippen molar-refractivity contribution in [1.29, 1.82) is 5.41 Å². The van der Waals surface area contributed by atoms with Crippen LogP contribution in [0.5, 0.6) is 0 Å². The van der Waals surface area contributed by atoms with Gasteiger partial charge in [-0.1, -0.05) is 0 Å². The highest BCUT2D eigenvalue weighted by Gasteiger charge is 2.26. The van der Waals surface area contributed by atoms with Gasteiger partial charge in [0.25, 0.3) is 0 Å². The van der Waals surface area contributed by atoms with Crippen molar-refractivity contribution in [2.75, 3.05) is 11.9 Å². The minimum atomic E-state index is -4.41. The monoisotopic (exact) mass is 292 g/mol. The number of guanidine groups is 1. The molecule has 1 aromatic rings. The maximum atomic E-state index is 11.9. The highest BCUT2D eigenvalue weighted by atomic mass is 19.4. The first-order valence-electron chi connectivity index (χ1n) is 5.63. The Labute approximate surface area is 112 Å². The van der Waals surface area contributed by atoms with E-state index in [0.717, 1.165) is 0 Å². The second-order valence-corrected chi connectivity index (χ2v) is 3.90. The van der Waals surface area contributed by atoms with Crippen molar-refractivity contribution in [2.24, 2.45) is 16.5 Å². The van der Waals surface area contributed by atoms with Crippen LogP contribution < -0.4 is 16.8 Å². The van der Waals surface area contributed by atoms with Crippen LogP contribution in [-0.2, 0) is 6.54 Å². The summed E-state index contributed by atoms with van der Waals surface area (Å²) in [7, 11) is 0. The number of alkyl halides is 3. The average molecular weight is 292 g/mol. The zero-order chi connectivity index (χ0) is 15.2. The van der Waals surface area contributed by atoms with Gasteiger partial charge in [-0.3, -0.25) is 5.41 Å². The van der Waals surface area contributed by atoms with E-state index in [-0.39, 0.29) is 11.7 Å². The molecule has 1 aromatic heterocycles. The third-order valence-electron chi connectivity index (χ3n) is 2.03. The SMILES string of the molecule is N=C(N)CCCn1ncc(NC(N)=NCC(F)(F)F)n1. The smallest absolute Gasteiger partial charge is 0.388 e. The number of aromatic nitrogens is 3. The van der Waals surface area contributed by atoms with Crippen molar-refractivity contribution in [3.8, 4) is 0 Å². The molecule has 1 heterocycles. The second-order valence-electron chi connectivity index (χ2n) is 3.90. The van der Waals surface area contributed by atoms with Crippen molar-refractivity contribution in [1.82, 2.24) is 15.0 Å². The van der Waals surface area contributed by atoms with Crippen LogP contribution in [0.15, 0.2) is 11.2 Å². The number of anilines is 1. The minimum Gasteiger partial charge on any atom is -0.388 e. The van der Waals surface area contributed by atoms with Crippen molar-refractivity contribution < 1.29 is 13.2 Å². The van der Waals surface area contributed by atoms with Gasteiger partial charge in [-0.15, -0.1) is 5.10 Å². The molecule has 6 N–H and O–H groups in total. The van der Waals surface area contributed by atoms with Gasteiger partial charge in [0.2, 0.25) is 0 Å². The number of hydrogen-bond acceptors (Lipinski definition) is 4. The van der Waals surface area contributed by atoms with Crippen LogP contribution in [0.1, 0.15) is 12.8 Å². The Morgan fingerprint density at radius 1 is 1.45 bits per heavy atom. The maximum absolute atomic E-state index is 11.9. The van der Waals surface area contributed by atoms with Gasteiger partial charge in [-0.05, 0) is 6.42 Å². The average Bonchev–Trinajstić information content (AvgIpc) is 2.73. The lowest BCUT2D eigenvalue weighted by molar-refractivity contribution is -0.118. The van der Waals surface area contributed by atoms with E-state index in [0.29, 0.717) is 19.4 Å². The fourth-order valence-corrected chi connectivity index (χ4v) is 1.22. The molecule has 0 amide bonds. The van der Waals surface area contributed by atoms with E-state index < -0.39 is 18.7 Å². The van der Waals surface area contributed by atoms with Gasteiger partial charge in [0, 0.05) is 6.42 Å². The molecular formula is C9H15F3N8. The van der Waals surface area contributed by atoms with Crippen LogP contribution in [0.2, 0.25) is 0 Å². The Balaban J connectivity index is 2.45. The minimum absolute atomic E-state index is 0.0685. The fraction of sp³-hybridized carbons (Fsp3) is 0.556. The predicted molar refractivity (Wildman–Crippen MR) is 67.3 cm³/mol. The molecule has 11 heteroatoms. The number of amidine groups is 1. The molecule has 0 radical (unpaired) electrons. The Kier molecular flexibility index (Phi) is 5.29. The van der Waals surface area contributed by atoms with Crippen LogP contribution in [0.4, 0.5) is 19.0 Å². The van der Waals surface area contributed by atoms with E-state index in [4.69, 9.17) is 16.9 Å². The standard InChI is InChI=1S/C9H15F3N8/c10-9(11,12)5-16-8(15)18-7-4-17-20(19-7)3-1-2-6(13)14/h4H,1-3,5H2,(H3,13,14)(H3,15,16,18,19). The van der Waals surface area contributed by atoms with Crippen molar-refractivity contribution in [3.63, 3.8) is 0 Å². The second kappa shape index (κ2) is 6.73. The molecule has 0 unspecified atom stereocenters. The van der Waals surface area contributed by atoms with Crippen molar-refractivity contribution in [2.45, 2.75) is 25.6 Å². The number of halogens is 3. The van der Waals surface area contributed by atoms with Crippen LogP contribution in [0.3, 0.4) is 0 Å². The lowest BCUT2D eigenvalue weighted by Crippen LogP contribution is -2.25. The molecule has 112 valence electrons. The molecule has 8 nitrogen and oxygen atoms in total. The van der Waals surface area contributed by atoms with Crippen molar-refractivity contribution >= 4 is 17.6 Å². The first-order chi connectivity index (χ1) is 9.26. The van der Waals surface area contributed by atoms with Crippen LogP contribution in [0.25, 0.3) is 0 Å². The topological polar surface area (TPSA) is 131 Å². The molecule has 0 aliphatic carbocycles. The molecule has 0 atom stereocenters. The summed E-state index contributed by atoms with van der Waals surface area (Å²) in [5, 5.41) is 17.3. The quantitative estimate of drug-likeness (QED) is 0.442. The molecule has 0 saturated carbocycles. The Bertz CT molecular complexity index is 478. The number of rotatable bonds is 6. The van der Waals surface area contributed by atoms with Crippen molar-refractivity contribution in [3.05, 3.63) is 6.20 Å². The largest absolute Gasteiger partial charge is 0.408 e. The zero-order valence-electron chi connectivity index (χ0n) is 10.5. The molecule has 0 aromatic carbocycles. The van der Waals surface area contributed by atoms with E-state index in [1.54, 1.807) is 0 Å². The summed E-state index contributed by atoms with van der Waals surface area (Å²) in [5.41, 5.74) is 10.5. The molecule has 0 aliphatic heterocycles. The summed E-state index contributed by atoms with van der Waals surface area (Å²) >= 11 is 0. The predicted octanol–water partition coefficient (Wildman–Crippen LogP) is 0.283. The molecule has 0 saturated heterocycles. The molecular weight excluding hydrogens is 277 g/mol. The van der Waals surface area contributed by atoms with Gasteiger partial charge in [-0.25, -0.2) is 4.99 Å².